The quantitative estimate of drug-likeness (QED) is 0.552. The molecule has 0 bridgehead atoms. The number of hydrogen-bond acceptors (Lipinski definition) is 5. The third-order valence-corrected chi connectivity index (χ3v) is 4.14. The summed E-state index contributed by atoms with van der Waals surface area (Å²) in [4.78, 5) is 16.1. The number of fused-ring (bicyclic) bond motifs is 1. The number of halogens is 1. The number of nitrogens with two attached hydrogens (primary N) is 1. The largest absolute Gasteiger partial charge is 0.457 e. The molecule has 0 aliphatic carbocycles. The second kappa shape index (κ2) is 9.29. The van der Waals surface area contributed by atoms with Crippen LogP contribution in [0, 0.1) is 5.82 Å². The molecule has 0 saturated heterocycles. The molecular formula is C20H23FN4O3. The summed E-state index contributed by atoms with van der Waals surface area (Å²) in [5.74, 6) is 1.28. The van der Waals surface area contributed by atoms with E-state index in [9.17, 15) is 9.18 Å². The molecule has 0 aliphatic heterocycles. The summed E-state index contributed by atoms with van der Waals surface area (Å²) < 4.78 is 26.4. The van der Waals surface area contributed by atoms with Crippen molar-refractivity contribution in [3.8, 4) is 11.5 Å². The Bertz CT molecular complexity index is 941. The molecule has 7 nitrogen and oxygen atoms in total. The Balaban J connectivity index is 1.88. The summed E-state index contributed by atoms with van der Waals surface area (Å²) in [6.07, 6.45) is 0. The molecule has 0 unspecified atom stereocenters. The summed E-state index contributed by atoms with van der Waals surface area (Å²) in [5, 5.41) is 2.75. The van der Waals surface area contributed by atoms with Crippen LogP contribution in [-0.4, -0.2) is 35.2 Å². The van der Waals surface area contributed by atoms with Gasteiger partial charge in [-0.2, -0.15) is 0 Å². The standard InChI is InChI=1S/C20H23FN4O3/c1-2-27-10-9-25-18-11-16(28-15-5-3-14(21)4-6-15)7-8-17(18)24-19(25)13-23-20(26)12-22/h3-8,11H,2,9-10,12-13,22H2,1H3,(H,23,26). The molecule has 0 saturated carbocycles. The third kappa shape index (κ3) is 4.85. The third-order valence-electron chi connectivity index (χ3n) is 4.14. The van der Waals surface area contributed by atoms with E-state index in [1.807, 2.05) is 23.6 Å². The molecule has 1 amide bonds. The normalized spacial score (nSPS) is 11.0. The molecule has 8 heteroatoms. The van der Waals surface area contributed by atoms with Crippen molar-refractivity contribution in [3.05, 3.63) is 54.1 Å². The van der Waals surface area contributed by atoms with Gasteiger partial charge in [-0.25, -0.2) is 9.37 Å². The van der Waals surface area contributed by atoms with Crippen LogP contribution in [0.15, 0.2) is 42.5 Å². The van der Waals surface area contributed by atoms with Gasteiger partial charge < -0.3 is 25.1 Å². The van der Waals surface area contributed by atoms with Crippen LogP contribution < -0.4 is 15.8 Å². The average Bonchev–Trinajstić information content (AvgIpc) is 3.05. The Hall–Kier alpha value is -2.97. The minimum atomic E-state index is -0.319. The van der Waals surface area contributed by atoms with Gasteiger partial charge in [0.1, 0.15) is 23.1 Å². The molecule has 0 atom stereocenters. The van der Waals surface area contributed by atoms with Gasteiger partial charge in [0, 0.05) is 19.2 Å². The van der Waals surface area contributed by atoms with E-state index in [0.29, 0.717) is 37.1 Å². The summed E-state index contributed by atoms with van der Waals surface area (Å²) in [5.41, 5.74) is 6.99. The highest BCUT2D eigenvalue weighted by Gasteiger charge is 2.13. The molecule has 1 aromatic heterocycles. The molecule has 28 heavy (non-hydrogen) atoms. The van der Waals surface area contributed by atoms with Crippen molar-refractivity contribution in [3.63, 3.8) is 0 Å². The minimum absolute atomic E-state index is 0.0746. The van der Waals surface area contributed by atoms with Crippen LogP contribution in [0.2, 0.25) is 0 Å². The number of carbonyl (C=O) groups is 1. The van der Waals surface area contributed by atoms with Gasteiger partial charge in [-0.05, 0) is 43.3 Å². The number of benzene rings is 2. The summed E-state index contributed by atoms with van der Waals surface area (Å²) in [7, 11) is 0. The monoisotopic (exact) mass is 386 g/mol. The lowest BCUT2D eigenvalue weighted by Gasteiger charge is -2.11. The first kappa shape index (κ1) is 19.8. The Morgan fingerprint density at radius 3 is 2.68 bits per heavy atom. The summed E-state index contributed by atoms with van der Waals surface area (Å²) in [6.45, 7) is 3.84. The van der Waals surface area contributed by atoms with Gasteiger partial charge in [-0.1, -0.05) is 0 Å². The smallest absolute Gasteiger partial charge is 0.234 e. The van der Waals surface area contributed by atoms with Gasteiger partial charge in [-0.15, -0.1) is 0 Å². The molecule has 1 heterocycles. The maximum atomic E-state index is 13.1. The second-order valence-corrected chi connectivity index (χ2v) is 6.06. The van der Waals surface area contributed by atoms with E-state index >= 15 is 0 Å². The zero-order valence-corrected chi connectivity index (χ0v) is 15.7. The lowest BCUT2D eigenvalue weighted by molar-refractivity contribution is -0.119. The Kier molecular flexibility index (Phi) is 6.57. The number of ether oxygens (including phenoxy) is 2. The summed E-state index contributed by atoms with van der Waals surface area (Å²) in [6, 6.07) is 11.3. The fraction of sp³-hybridized carbons (Fsp3) is 0.300. The molecular weight excluding hydrogens is 363 g/mol. The predicted octanol–water partition coefficient (Wildman–Crippen LogP) is 2.58. The van der Waals surface area contributed by atoms with Crippen LogP contribution in [0.25, 0.3) is 11.0 Å². The number of aromatic nitrogens is 2. The Labute approximate surface area is 162 Å². The zero-order valence-electron chi connectivity index (χ0n) is 15.7. The highest BCUT2D eigenvalue weighted by molar-refractivity contribution is 5.79. The number of nitrogens with one attached hydrogen (secondary N) is 1. The highest BCUT2D eigenvalue weighted by atomic mass is 19.1. The molecule has 148 valence electrons. The first-order valence-electron chi connectivity index (χ1n) is 9.07. The van der Waals surface area contributed by atoms with Gasteiger partial charge in [0.25, 0.3) is 0 Å². The first-order valence-corrected chi connectivity index (χ1v) is 9.07. The highest BCUT2D eigenvalue weighted by Crippen LogP contribution is 2.26. The van der Waals surface area contributed by atoms with Gasteiger partial charge in [0.15, 0.2) is 0 Å². The molecule has 0 spiro atoms. The molecule has 0 fully saturated rings. The SMILES string of the molecule is CCOCCn1c(CNC(=O)CN)nc2ccc(Oc3ccc(F)cc3)cc21. The molecule has 3 aromatic rings. The minimum Gasteiger partial charge on any atom is -0.457 e. The lowest BCUT2D eigenvalue weighted by atomic mass is 10.3. The van der Waals surface area contributed by atoms with Crippen LogP contribution >= 0.6 is 0 Å². The van der Waals surface area contributed by atoms with E-state index in [1.54, 1.807) is 18.2 Å². The number of carbonyl (C=O) groups excluding carboxylic acids is 1. The number of rotatable bonds is 9. The Morgan fingerprint density at radius 2 is 1.96 bits per heavy atom. The fourth-order valence-corrected chi connectivity index (χ4v) is 2.79. The van der Waals surface area contributed by atoms with E-state index in [0.717, 1.165) is 11.0 Å². The topological polar surface area (TPSA) is 91.4 Å². The zero-order chi connectivity index (χ0) is 19.9. The van der Waals surface area contributed by atoms with Crippen molar-refractivity contribution >= 4 is 16.9 Å². The number of amides is 1. The number of hydrogen-bond donors (Lipinski definition) is 2. The van der Waals surface area contributed by atoms with E-state index in [4.69, 9.17) is 15.2 Å². The fourth-order valence-electron chi connectivity index (χ4n) is 2.79. The van der Waals surface area contributed by atoms with Gasteiger partial charge in [0.2, 0.25) is 5.91 Å². The van der Waals surface area contributed by atoms with E-state index in [2.05, 4.69) is 10.3 Å². The van der Waals surface area contributed by atoms with E-state index in [1.165, 1.54) is 12.1 Å². The van der Waals surface area contributed by atoms with Crippen molar-refractivity contribution in [2.75, 3.05) is 19.8 Å². The molecule has 2 aromatic carbocycles. The molecule has 3 rings (SSSR count). The Morgan fingerprint density at radius 1 is 1.21 bits per heavy atom. The van der Waals surface area contributed by atoms with Crippen molar-refractivity contribution in [2.45, 2.75) is 20.0 Å². The maximum Gasteiger partial charge on any atom is 0.234 e. The van der Waals surface area contributed by atoms with Crippen LogP contribution in [0.3, 0.4) is 0 Å². The number of nitrogens with zero attached hydrogens (tertiary/aromatic N) is 2. The molecule has 0 radical (unpaired) electrons. The van der Waals surface area contributed by atoms with Crippen LogP contribution in [0.5, 0.6) is 11.5 Å². The van der Waals surface area contributed by atoms with Crippen molar-refractivity contribution < 1.29 is 18.7 Å². The van der Waals surface area contributed by atoms with Crippen LogP contribution in [0.4, 0.5) is 4.39 Å². The van der Waals surface area contributed by atoms with Gasteiger partial charge in [0.05, 0.1) is 30.7 Å². The molecule has 0 aliphatic rings. The van der Waals surface area contributed by atoms with Gasteiger partial charge in [-0.3, -0.25) is 4.79 Å². The van der Waals surface area contributed by atoms with Crippen molar-refractivity contribution in [1.82, 2.24) is 14.9 Å². The van der Waals surface area contributed by atoms with E-state index < -0.39 is 0 Å². The molecule has 3 N–H and O–H groups in total. The van der Waals surface area contributed by atoms with Crippen LogP contribution in [-0.2, 0) is 22.6 Å². The summed E-state index contributed by atoms with van der Waals surface area (Å²) >= 11 is 0. The van der Waals surface area contributed by atoms with Gasteiger partial charge >= 0.3 is 0 Å². The van der Waals surface area contributed by atoms with Crippen molar-refractivity contribution in [2.24, 2.45) is 5.73 Å². The first-order chi connectivity index (χ1) is 13.6. The maximum absolute atomic E-state index is 13.1. The number of imidazole rings is 1. The lowest BCUT2D eigenvalue weighted by Crippen LogP contribution is -2.30. The van der Waals surface area contributed by atoms with E-state index in [-0.39, 0.29) is 24.8 Å². The predicted molar refractivity (Wildman–Crippen MR) is 104 cm³/mol. The second-order valence-electron chi connectivity index (χ2n) is 6.06. The van der Waals surface area contributed by atoms with Crippen molar-refractivity contribution in [1.29, 1.82) is 0 Å². The van der Waals surface area contributed by atoms with Crippen LogP contribution in [0.1, 0.15) is 12.7 Å². The average molecular weight is 386 g/mol.